The lowest BCUT2D eigenvalue weighted by Crippen LogP contribution is -2.22. The van der Waals surface area contributed by atoms with Gasteiger partial charge in [0.2, 0.25) is 0 Å². The van der Waals surface area contributed by atoms with E-state index in [1.165, 1.54) is 16.3 Å². The second-order valence-electron chi connectivity index (χ2n) is 6.34. The van der Waals surface area contributed by atoms with E-state index < -0.39 is 0 Å². The van der Waals surface area contributed by atoms with Gasteiger partial charge in [-0.1, -0.05) is 73.4 Å². The van der Waals surface area contributed by atoms with Gasteiger partial charge in [0.15, 0.2) is 0 Å². The molecule has 0 amide bonds. The van der Waals surface area contributed by atoms with Crippen LogP contribution in [0, 0.1) is 0 Å². The normalized spacial score (nSPS) is 11.2. The molecule has 4 heteroatoms. The molecule has 0 spiro atoms. The van der Waals surface area contributed by atoms with E-state index >= 15 is 0 Å². The maximum atomic E-state index is 6.12. The van der Waals surface area contributed by atoms with Crippen LogP contribution in [0.5, 0.6) is 5.75 Å². The molecule has 1 N–H and O–H groups in total. The smallest absolute Gasteiger partial charge is 0.124 e. The molecule has 3 rings (SSSR count). The molecular weight excluding hydrogens is 353 g/mol. The Bertz CT molecular complexity index is 877. The van der Waals surface area contributed by atoms with E-state index in [9.17, 15) is 0 Å². The van der Waals surface area contributed by atoms with Crippen LogP contribution in [-0.2, 0) is 13.2 Å². The molecular formula is C21H21Cl2NO. The molecule has 0 bridgehead atoms. The minimum Gasteiger partial charge on any atom is -0.489 e. The van der Waals surface area contributed by atoms with Gasteiger partial charge in [-0.05, 0) is 34.5 Å². The Balaban J connectivity index is 1.88. The van der Waals surface area contributed by atoms with Crippen molar-refractivity contribution in [3.8, 4) is 5.75 Å². The Labute approximate surface area is 158 Å². The largest absolute Gasteiger partial charge is 0.489 e. The summed E-state index contributed by atoms with van der Waals surface area (Å²) >= 11 is 12.1. The lowest BCUT2D eigenvalue weighted by atomic mass is 10.0. The highest BCUT2D eigenvalue weighted by Gasteiger charge is 2.10. The summed E-state index contributed by atoms with van der Waals surface area (Å²) in [4.78, 5) is 0. The van der Waals surface area contributed by atoms with Gasteiger partial charge in [-0.15, -0.1) is 0 Å². The molecule has 0 aliphatic carbocycles. The highest BCUT2D eigenvalue weighted by atomic mass is 35.5. The van der Waals surface area contributed by atoms with Gasteiger partial charge < -0.3 is 10.1 Å². The molecule has 0 aromatic heterocycles. The van der Waals surface area contributed by atoms with Gasteiger partial charge in [-0.25, -0.2) is 0 Å². The van der Waals surface area contributed by atoms with Crippen molar-refractivity contribution >= 4 is 34.0 Å². The minimum absolute atomic E-state index is 0.405. The summed E-state index contributed by atoms with van der Waals surface area (Å²) in [5.41, 5.74) is 2.16. The van der Waals surface area contributed by atoms with E-state index in [1.807, 2.05) is 18.2 Å². The number of fused-ring (bicyclic) bond motifs is 1. The predicted octanol–water partition coefficient (Wildman–Crippen LogP) is 6.22. The topological polar surface area (TPSA) is 21.3 Å². The molecule has 0 saturated heterocycles. The fourth-order valence-electron chi connectivity index (χ4n) is 2.73. The number of benzene rings is 3. The molecule has 0 aliphatic rings. The summed E-state index contributed by atoms with van der Waals surface area (Å²) in [6, 6.07) is 18.5. The number of ether oxygens (including phenoxy) is 1. The fraction of sp³-hybridized carbons (Fsp3) is 0.238. The third-order valence-corrected chi connectivity index (χ3v) is 4.80. The highest BCUT2D eigenvalue weighted by Crippen LogP contribution is 2.29. The van der Waals surface area contributed by atoms with E-state index in [4.69, 9.17) is 27.9 Å². The van der Waals surface area contributed by atoms with Crippen LogP contribution in [0.3, 0.4) is 0 Å². The van der Waals surface area contributed by atoms with Gasteiger partial charge in [0.1, 0.15) is 12.4 Å². The summed E-state index contributed by atoms with van der Waals surface area (Å²) in [5, 5.41) is 7.01. The molecule has 2 nitrogen and oxygen atoms in total. The average Bonchev–Trinajstić information content (AvgIpc) is 2.61. The van der Waals surface area contributed by atoms with E-state index in [-0.39, 0.29) is 0 Å². The standard InChI is InChI=1S/C21H21Cl2NO/c1-14(2)24-12-18-17-6-4-3-5-16(17)8-10-21(18)25-13-15-7-9-19(22)20(23)11-15/h3-11,14,24H,12-13H2,1-2H3. The lowest BCUT2D eigenvalue weighted by molar-refractivity contribution is 0.302. The molecule has 3 aromatic rings. The zero-order chi connectivity index (χ0) is 17.8. The Morgan fingerprint density at radius 1 is 0.960 bits per heavy atom. The first-order valence-corrected chi connectivity index (χ1v) is 9.11. The molecule has 3 aromatic carbocycles. The Hall–Kier alpha value is -1.74. The van der Waals surface area contributed by atoms with Crippen molar-refractivity contribution in [3.63, 3.8) is 0 Å². The van der Waals surface area contributed by atoms with Gasteiger partial charge in [0.05, 0.1) is 10.0 Å². The number of hydrogen-bond donors (Lipinski definition) is 1. The predicted molar refractivity (Wildman–Crippen MR) is 107 cm³/mol. The zero-order valence-corrected chi connectivity index (χ0v) is 15.9. The molecule has 0 aliphatic heterocycles. The van der Waals surface area contributed by atoms with E-state index in [0.717, 1.165) is 17.9 Å². The first-order chi connectivity index (χ1) is 12.0. The Morgan fingerprint density at radius 2 is 1.76 bits per heavy atom. The van der Waals surface area contributed by atoms with Gasteiger partial charge in [0, 0.05) is 18.2 Å². The quantitative estimate of drug-likeness (QED) is 0.553. The van der Waals surface area contributed by atoms with Crippen molar-refractivity contribution in [2.24, 2.45) is 0 Å². The lowest BCUT2D eigenvalue weighted by Gasteiger charge is -2.16. The van der Waals surface area contributed by atoms with Crippen molar-refractivity contribution in [2.75, 3.05) is 0 Å². The summed E-state index contributed by atoms with van der Waals surface area (Å²) in [5.74, 6) is 0.887. The number of hydrogen-bond acceptors (Lipinski definition) is 2. The second kappa shape index (κ2) is 8.09. The third kappa shape index (κ3) is 4.46. The minimum atomic E-state index is 0.405. The second-order valence-corrected chi connectivity index (χ2v) is 7.15. The average molecular weight is 374 g/mol. The van der Waals surface area contributed by atoms with E-state index in [0.29, 0.717) is 22.7 Å². The molecule has 0 fully saturated rings. The van der Waals surface area contributed by atoms with Crippen molar-refractivity contribution in [1.82, 2.24) is 5.32 Å². The van der Waals surface area contributed by atoms with Crippen LogP contribution in [0.2, 0.25) is 10.0 Å². The summed E-state index contributed by atoms with van der Waals surface area (Å²) in [6.07, 6.45) is 0. The Kier molecular flexibility index (Phi) is 5.85. The van der Waals surface area contributed by atoms with E-state index in [2.05, 4.69) is 49.5 Å². The maximum absolute atomic E-state index is 6.12. The summed E-state index contributed by atoms with van der Waals surface area (Å²) < 4.78 is 6.12. The zero-order valence-electron chi connectivity index (χ0n) is 14.4. The number of halogens is 2. The van der Waals surface area contributed by atoms with Gasteiger partial charge >= 0.3 is 0 Å². The van der Waals surface area contributed by atoms with Crippen LogP contribution >= 0.6 is 23.2 Å². The number of nitrogens with one attached hydrogen (secondary N) is 1. The van der Waals surface area contributed by atoms with Crippen molar-refractivity contribution in [2.45, 2.75) is 33.0 Å². The van der Waals surface area contributed by atoms with Crippen LogP contribution in [0.15, 0.2) is 54.6 Å². The van der Waals surface area contributed by atoms with Crippen molar-refractivity contribution in [1.29, 1.82) is 0 Å². The van der Waals surface area contributed by atoms with Crippen LogP contribution in [0.1, 0.15) is 25.0 Å². The fourth-order valence-corrected chi connectivity index (χ4v) is 3.05. The van der Waals surface area contributed by atoms with Crippen LogP contribution in [-0.4, -0.2) is 6.04 Å². The first-order valence-electron chi connectivity index (χ1n) is 8.35. The molecule has 0 saturated carbocycles. The van der Waals surface area contributed by atoms with Crippen LogP contribution in [0.4, 0.5) is 0 Å². The molecule has 130 valence electrons. The first kappa shape index (κ1) is 18.1. The maximum Gasteiger partial charge on any atom is 0.124 e. The molecule has 0 unspecified atom stereocenters. The van der Waals surface area contributed by atoms with Gasteiger partial charge in [-0.3, -0.25) is 0 Å². The monoisotopic (exact) mass is 373 g/mol. The molecule has 0 atom stereocenters. The van der Waals surface area contributed by atoms with E-state index in [1.54, 1.807) is 6.07 Å². The van der Waals surface area contributed by atoms with Crippen molar-refractivity contribution < 1.29 is 4.74 Å². The molecule has 0 radical (unpaired) electrons. The Morgan fingerprint density at radius 3 is 2.52 bits per heavy atom. The van der Waals surface area contributed by atoms with Crippen LogP contribution in [0.25, 0.3) is 10.8 Å². The molecule has 25 heavy (non-hydrogen) atoms. The SMILES string of the molecule is CC(C)NCc1c(OCc2ccc(Cl)c(Cl)c2)ccc2ccccc12. The van der Waals surface area contributed by atoms with Gasteiger partial charge in [-0.2, -0.15) is 0 Å². The van der Waals surface area contributed by atoms with Gasteiger partial charge in [0.25, 0.3) is 0 Å². The van der Waals surface area contributed by atoms with Crippen molar-refractivity contribution in [3.05, 3.63) is 75.8 Å². The van der Waals surface area contributed by atoms with Crippen LogP contribution < -0.4 is 10.1 Å². The summed E-state index contributed by atoms with van der Waals surface area (Å²) in [7, 11) is 0. The highest BCUT2D eigenvalue weighted by molar-refractivity contribution is 6.42. The molecule has 0 heterocycles. The summed E-state index contributed by atoms with van der Waals surface area (Å²) in [6.45, 7) is 5.49. The number of rotatable bonds is 6. The third-order valence-electron chi connectivity index (χ3n) is 4.06.